The molecule has 92 heavy (non-hydrogen) atoms. The number of hydrogen-bond donors (Lipinski definition) is 4. The first-order chi connectivity index (χ1) is 43.6. The van der Waals surface area contributed by atoms with Gasteiger partial charge < -0.3 is 87.6 Å². The molecule has 4 amide bonds. The summed E-state index contributed by atoms with van der Waals surface area (Å²) in [5.41, 5.74) is -0.904. The van der Waals surface area contributed by atoms with E-state index in [2.05, 4.69) is 21.3 Å². The van der Waals surface area contributed by atoms with Crippen molar-refractivity contribution >= 4 is 41.7 Å². The summed E-state index contributed by atoms with van der Waals surface area (Å²) in [7, 11) is 0. The van der Waals surface area contributed by atoms with Crippen molar-refractivity contribution in [2.45, 2.75) is 117 Å². The number of rotatable bonds is 45. The zero-order valence-corrected chi connectivity index (χ0v) is 53.9. The zero-order valence-electron chi connectivity index (χ0n) is 53.9. The molecule has 3 rings (SSSR count). The third-order valence-corrected chi connectivity index (χ3v) is 11.5. The largest absolute Gasteiger partial charge is 0.482 e. The molecule has 0 aliphatic heterocycles. The van der Waals surface area contributed by atoms with Crippen LogP contribution >= 0.6 is 0 Å². The average molecular weight is 1320 g/mol. The van der Waals surface area contributed by atoms with Crippen LogP contribution in [0.1, 0.15) is 86.3 Å². The average Bonchev–Trinajstić information content (AvgIpc) is 0.866. The Kier molecular flexibility index (Phi) is 36.8. The number of nitrogens with one attached hydrogen (secondary N) is 4. The van der Waals surface area contributed by atoms with E-state index in [1.54, 1.807) is 86.6 Å². The van der Waals surface area contributed by atoms with Crippen LogP contribution in [0.5, 0.6) is 17.2 Å². The highest BCUT2D eigenvalue weighted by molar-refractivity contribution is 5.88. The van der Waals surface area contributed by atoms with Crippen LogP contribution in [0.3, 0.4) is 0 Å². The second kappa shape index (κ2) is 42.8. The summed E-state index contributed by atoms with van der Waals surface area (Å²) in [6.45, 7) is 18.5. The first-order valence-corrected chi connectivity index (χ1v) is 29.9. The van der Waals surface area contributed by atoms with Crippen LogP contribution in [-0.4, -0.2) is 203 Å². The molecule has 0 spiro atoms. The maximum Gasteiger partial charge on any atom is 0.407 e. The number of hydrogen-bond acceptors (Lipinski definition) is 21. The molecule has 0 aliphatic carbocycles. The Labute approximate surface area is 534 Å². The molecule has 3 aromatic rings. The predicted molar refractivity (Wildman–Crippen MR) is 322 cm³/mol. The van der Waals surface area contributed by atoms with Crippen molar-refractivity contribution in [1.29, 1.82) is 0 Å². The highest BCUT2D eigenvalue weighted by atomic mass is 19.2. The molecule has 2 atom stereocenters. The summed E-state index contributed by atoms with van der Waals surface area (Å²) in [5, 5.41) is 10.6. The van der Waals surface area contributed by atoms with Crippen LogP contribution in [0, 0.1) is 23.3 Å². The van der Waals surface area contributed by atoms with Crippen LogP contribution in [0.25, 0.3) is 0 Å². The molecule has 0 heterocycles. The van der Waals surface area contributed by atoms with Gasteiger partial charge in [0.15, 0.2) is 24.8 Å². The molecule has 25 nitrogen and oxygen atoms in total. The van der Waals surface area contributed by atoms with E-state index in [1.807, 2.05) is 0 Å². The van der Waals surface area contributed by atoms with Gasteiger partial charge in [-0.3, -0.25) is 14.4 Å². The molecular formula is C63H90F4N4O21. The Balaban J connectivity index is 1.34. The molecule has 3 aromatic carbocycles. The van der Waals surface area contributed by atoms with Crippen LogP contribution in [0.2, 0.25) is 0 Å². The second-order valence-corrected chi connectivity index (χ2v) is 23.0. The molecule has 0 bridgehead atoms. The molecule has 29 heteroatoms. The summed E-state index contributed by atoms with van der Waals surface area (Å²) in [6.07, 6.45) is -1.02. The minimum atomic E-state index is -1.95. The summed E-state index contributed by atoms with van der Waals surface area (Å²) < 4.78 is 132. The molecule has 0 aliphatic rings. The SMILES string of the molecule is CC(C)(C)OC(=O)COc1ccc(CC(NC(=O)CCOCCOCCOCCOCCNC(=O)OC(C)(C)C)C(=O)NCCOCCOCCOCCOCCC(=O)NC(Cc2ccc(OCC(=O)OC(C)(C)C)cc2)C(=O)Oc2c(F)c(F)cc(F)c2F)cc1. The van der Waals surface area contributed by atoms with E-state index in [9.17, 15) is 51.1 Å². The number of carbonyl (C=O) groups excluding carboxylic acids is 7. The quantitative estimate of drug-likeness (QED) is 0.0134. The van der Waals surface area contributed by atoms with Crippen molar-refractivity contribution in [3.63, 3.8) is 0 Å². The van der Waals surface area contributed by atoms with E-state index >= 15 is 0 Å². The molecule has 0 saturated carbocycles. The van der Waals surface area contributed by atoms with Gasteiger partial charge in [-0.15, -0.1) is 0 Å². The lowest BCUT2D eigenvalue weighted by atomic mass is 10.0. The molecule has 0 radical (unpaired) electrons. The number of alkyl carbamates (subject to hydrolysis) is 1. The van der Waals surface area contributed by atoms with Crippen LogP contribution in [0.15, 0.2) is 54.6 Å². The summed E-state index contributed by atoms with van der Waals surface area (Å²) in [6, 6.07) is 9.96. The Morgan fingerprint density at radius 1 is 0.424 bits per heavy atom. The number of carbonyl (C=O) groups is 7. The number of benzene rings is 3. The third kappa shape index (κ3) is 37.3. The van der Waals surface area contributed by atoms with Crippen molar-refractivity contribution < 1.29 is 117 Å². The Hall–Kier alpha value is -7.25. The molecule has 516 valence electrons. The van der Waals surface area contributed by atoms with Gasteiger partial charge in [0.2, 0.25) is 35.1 Å². The molecule has 0 fully saturated rings. The maximum atomic E-state index is 14.4. The summed E-state index contributed by atoms with van der Waals surface area (Å²) >= 11 is 0. The van der Waals surface area contributed by atoms with Gasteiger partial charge in [0.05, 0.1) is 106 Å². The number of esters is 3. The van der Waals surface area contributed by atoms with Crippen LogP contribution in [0.4, 0.5) is 22.4 Å². The van der Waals surface area contributed by atoms with E-state index < -0.39 is 106 Å². The van der Waals surface area contributed by atoms with Crippen molar-refractivity contribution in [3.8, 4) is 17.2 Å². The van der Waals surface area contributed by atoms with Crippen molar-refractivity contribution in [1.82, 2.24) is 21.3 Å². The lowest BCUT2D eigenvalue weighted by molar-refractivity contribution is -0.158. The molecular weight excluding hydrogens is 1220 g/mol. The van der Waals surface area contributed by atoms with E-state index in [-0.39, 0.29) is 123 Å². The number of halogens is 4. The van der Waals surface area contributed by atoms with Gasteiger partial charge in [-0.05, 0) is 97.7 Å². The topological polar surface area (TPSA) is 297 Å². The fraction of sp³-hybridized carbons (Fsp3) is 0.603. The van der Waals surface area contributed by atoms with Crippen LogP contribution < -0.4 is 35.5 Å². The normalized spacial score (nSPS) is 12.3. The van der Waals surface area contributed by atoms with E-state index in [0.717, 1.165) is 0 Å². The van der Waals surface area contributed by atoms with Crippen molar-refractivity contribution in [3.05, 3.63) is 89.0 Å². The molecule has 0 saturated heterocycles. The van der Waals surface area contributed by atoms with Gasteiger partial charge in [0.25, 0.3) is 0 Å². The predicted octanol–water partition coefficient (Wildman–Crippen LogP) is 5.60. The smallest absolute Gasteiger partial charge is 0.407 e. The Morgan fingerprint density at radius 3 is 1.14 bits per heavy atom. The number of ether oxygens (including phenoxy) is 14. The lowest BCUT2D eigenvalue weighted by Crippen LogP contribution is -2.48. The summed E-state index contributed by atoms with van der Waals surface area (Å²) in [4.78, 5) is 88.5. The van der Waals surface area contributed by atoms with E-state index in [4.69, 9.17) is 66.3 Å². The lowest BCUT2D eigenvalue weighted by Gasteiger charge is -2.20. The highest BCUT2D eigenvalue weighted by Crippen LogP contribution is 2.27. The van der Waals surface area contributed by atoms with Gasteiger partial charge in [-0.2, -0.15) is 8.78 Å². The molecule has 4 N–H and O–H groups in total. The van der Waals surface area contributed by atoms with Gasteiger partial charge in [0, 0.05) is 44.8 Å². The van der Waals surface area contributed by atoms with Gasteiger partial charge in [-0.25, -0.2) is 28.0 Å². The minimum absolute atomic E-state index is 0.0326. The van der Waals surface area contributed by atoms with Crippen LogP contribution in [-0.2, 0) is 93.7 Å². The molecule has 2 unspecified atom stereocenters. The van der Waals surface area contributed by atoms with E-state index in [0.29, 0.717) is 56.5 Å². The van der Waals surface area contributed by atoms with Gasteiger partial charge >= 0.3 is 24.0 Å². The third-order valence-electron chi connectivity index (χ3n) is 11.5. The van der Waals surface area contributed by atoms with Crippen molar-refractivity contribution in [2.24, 2.45) is 0 Å². The fourth-order valence-electron chi connectivity index (χ4n) is 7.45. The monoisotopic (exact) mass is 1310 g/mol. The van der Waals surface area contributed by atoms with Gasteiger partial charge in [0.1, 0.15) is 40.4 Å². The van der Waals surface area contributed by atoms with Gasteiger partial charge in [-0.1, -0.05) is 24.3 Å². The number of amides is 4. The standard InChI is InChI=1S/C63H90F4N4O21/c1-61(2,3)90-53(74)41-87-45-14-10-43(11-15-45)38-49(70-51(72)18-22-79-26-30-83-35-37-86-33-29-82-25-21-69-60(78)92-63(7,8)9)58(76)68-20-24-81-28-32-85-36-34-84-31-27-80-23-19-52(73)71-50(59(77)89-57-55(66)47(64)40-48(65)56(57)67)39-44-12-16-46(17-13-44)88-42-54(75)91-62(4,5)6/h10-17,40,49-50H,18-39,41-42H2,1-9H3,(H,68,76)(H,69,78)(H,70,72)(H,71,73). The fourth-order valence-corrected chi connectivity index (χ4v) is 7.45. The Bertz CT molecular complexity index is 2680. The highest BCUT2D eigenvalue weighted by Gasteiger charge is 2.30. The maximum absolute atomic E-state index is 14.4. The molecule has 0 aromatic heterocycles. The first-order valence-electron chi connectivity index (χ1n) is 29.9. The Morgan fingerprint density at radius 2 is 0.761 bits per heavy atom. The van der Waals surface area contributed by atoms with E-state index in [1.165, 1.54) is 24.3 Å². The summed E-state index contributed by atoms with van der Waals surface area (Å²) in [5.74, 6) is -12.7. The second-order valence-electron chi connectivity index (χ2n) is 23.0. The first kappa shape index (κ1) is 79.0. The van der Waals surface area contributed by atoms with Crippen molar-refractivity contribution in [2.75, 3.05) is 132 Å². The minimum Gasteiger partial charge on any atom is -0.482 e. The zero-order chi connectivity index (χ0) is 68.0.